The van der Waals surface area contributed by atoms with E-state index in [0.717, 1.165) is 35.2 Å². The second kappa shape index (κ2) is 7.78. The lowest BCUT2D eigenvalue weighted by Crippen LogP contribution is -2.28. The number of rotatable bonds is 4. The van der Waals surface area contributed by atoms with Gasteiger partial charge in [-0.15, -0.1) is 0 Å². The Morgan fingerprint density at radius 3 is 2.46 bits per heavy atom. The minimum atomic E-state index is -0.392. The molecule has 1 aliphatic heterocycles. The van der Waals surface area contributed by atoms with E-state index in [-0.39, 0.29) is 6.04 Å². The van der Waals surface area contributed by atoms with Crippen molar-refractivity contribution in [2.75, 3.05) is 25.1 Å². The van der Waals surface area contributed by atoms with Crippen LogP contribution >= 0.6 is 0 Å². The molecule has 28 heavy (non-hydrogen) atoms. The normalized spacial score (nSPS) is 16.2. The number of pyridine rings is 2. The Labute approximate surface area is 164 Å². The molecule has 0 bridgehead atoms. The van der Waals surface area contributed by atoms with Crippen LogP contribution in [0.15, 0.2) is 61.1 Å². The molecule has 0 radical (unpaired) electrons. The maximum Gasteiger partial charge on any atom is 0.341 e. The van der Waals surface area contributed by atoms with E-state index in [2.05, 4.69) is 9.97 Å². The fraction of sp³-hybridized carbons (Fsp3) is 0.227. The van der Waals surface area contributed by atoms with Gasteiger partial charge in [-0.05, 0) is 35.2 Å². The first-order chi connectivity index (χ1) is 13.7. The molecule has 1 fully saturated rings. The predicted molar refractivity (Wildman–Crippen MR) is 109 cm³/mol. The van der Waals surface area contributed by atoms with Crippen LogP contribution in [0.5, 0.6) is 0 Å². The summed E-state index contributed by atoms with van der Waals surface area (Å²) in [7, 11) is 1.39. The van der Waals surface area contributed by atoms with E-state index in [4.69, 9.17) is 10.5 Å². The standard InChI is InChI=1S/C22H22N4O2/c1-28-22(27)20-11-18(13-25-21(20)26-10-8-19(23)14-26)16-6-4-15(5-7-16)17-3-2-9-24-12-17/h2-7,9,11-13,19H,8,10,14,23H2,1H3. The van der Waals surface area contributed by atoms with Crippen LogP contribution in [0.4, 0.5) is 5.82 Å². The van der Waals surface area contributed by atoms with Crippen LogP contribution in [-0.2, 0) is 4.74 Å². The van der Waals surface area contributed by atoms with Crippen molar-refractivity contribution >= 4 is 11.8 Å². The molecule has 0 aliphatic carbocycles. The lowest BCUT2D eigenvalue weighted by atomic mass is 10.0. The van der Waals surface area contributed by atoms with E-state index >= 15 is 0 Å². The number of aromatic nitrogens is 2. The molecule has 2 aromatic heterocycles. The van der Waals surface area contributed by atoms with E-state index < -0.39 is 5.97 Å². The topological polar surface area (TPSA) is 81.3 Å². The molecule has 4 rings (SSSR count). The molecule has 1 saturated heterocycles. The van der Waals surface area contributed by atoms with E-state index in [9.17, 15) is 4.79 Å². The maximum atomic E-state index is 12.4. The van der Waals surface area contributed by atoms with Gasteiger partial charge in [0.05, 0.1) is 7.11 Å². The predicted octanol–water partition coefficient (Wildman–Crippen LogP) is 3.13. The molecule has 0 amide bonds. The number of benzene rings is 1. The van der Waals surface area contributed by atoms with E-state index in [1.54, 1.807) is 12.4 Å². The van der Waals surface area contributed by atoms with Gasteiger partial charge in [0.2, 0.25) is 0 Å². The van der Waals surface area contributed by atoms with Gasteiger partial charge < -0.3 is 15.4 Å². The summed E-state index contributed by atoms with van der Waals surface area (Å²) < 4.78 is 4.99. The minimum Gasteiger partial charge on any atom is -0.465 e. The molecular formula is C22H22N4O2. The van der Waals surface area contributed by atoms with Gasteiger partial charge in [0.15, 0.2) is 0 Å². The van der Waals surface area contributed by atoms with Crippen LogP contribution in [0.25, 0.3) is 22.3 Å². The average molecular weight is 374 g/mol. The summed E-state index contributed by atoms with van der Waals surface area (Å²) >= 11 is 0. The SMILES string of the molecule is COC(=O)c1cc(-c2ccc(-c3cccnc3)cc2)cnc1N1CCC(N)C1. The summed E-state index contributed by atoms with van der Waals surface area (Å²) in [5.41, 5.74) is 10.5. The molecule has 6 nitrogen and oxygen atoms in total. The molecule has 1 atom stereocenters. The number of hydrogen-bond donors (Lipinski definition) is 1. The Morgan fingerprint density at radius 2 is 1.86 bits per heavy atom. The monoisotopic (exact) mass is 374 g/mol. The van der Waals surface area contributed by atoms with E-state index in [1.807, 2.05) is 53.6 Å². The van der Waals surface area contributed by atoms with Crippen LogP contribution in [0.2, 0.25) is 0 Å². The van der Waals surface area contributed by atoms with E-state index in [0.29, 0.717) is 17.9 Å². The number of nitrogens with two attached hydrogens (primary N) is 1. The zero-order valence-electron chi connectivity index (χ0n) is 15.7. The van der Waals surface area contributed by atoms with Gasteiger partial charge in [-0.1, -0.05) is 30.3 Å². The maximum absolute atomic E-state index is 12.4. The summed E-state index contributed by atoms with van der Waals surface area (Å²) in [5.74, 6) is 0.243. The molecule has 1 aromatic carbocycles. The molecular weight excluding hydrogens is 352 g/mol. The van der Waals surface area contributed by atoms with Crippen molar-refractivity contribution in [3.8, 4) is 22.3 Å². The summed E-state index contributed by atoms with van der Waals surface area (Å²) in [6, 6.07) is 14.0. The largest absolute Gasteiger partial charge is 0.465 e. The molecule has 3 aromatic rings. The van der Waals surface area contributed by atoms with Gasteiger partial charge in [-0.25, -0.2) is 9.78 Å². The minimum absolute atomic E-state index is 0.104. The number of nitrogens with zero attached hydrogens (tertiary/aromatic N) is 3. The Morgan fingerprint density at radius 1 is 1.11 bits per heavy atom. The van der Waals surface area contributed by atoms with Crippen LogP contribution in [-0.4, -0.2) is 42.2 Å². The summed E-state index contributed by atoms with van der Waals surface area (Å²) in [4.78, 5) is 23.2. The number of ether oxygens (including phenoxy) is 1. The van der Waals surface area contributed by atoms with Crippen LogP contribution < -0.4 is 10.6 Å². The highest BCUT2D eigenvalue weighted by atomic mass is 16.5. The van der Waals surface area contributed by atoms with Crippen LogP contribution in [0.3, 0.4) is 0 Å². The van der Waals surface area contributed by atoms with Gasteiger partial charge in [0, 0.05) is 43.3 Å². The number of esters is 1. The number of methoxy groups -OCH3 is 1. The highest BCUT2D eigenvalue weighted by Gasteiger charge is 2.25. The van der Waals surface area contributed by atoms with Crippen molar-refractivity contribution in [3.05, 3.63) is 66.6 Å². The fourth-order valence-electron chi connectivity index (χ4n) is 3.50. The molecule has 142 valence electrons. The molecule has 1 unspecified atom stereocenters. The van der Waals surface area contributed by atoms with Crippen molar-refractivity contribution in [1.82, 2.24) is 9.97 Å². The highest BCUT2D eigenvalue weighted by Crippen LogP contribution is 2.29. The quantitative estimate of drug-likeness (QED) is 0.707. The number of hydrogen-bond acceptors (Lipinski definition) is 6. The zero-order valence-corrected chi connectivity index (χ0v) is 15.7. The third-order valence-electron chi connectivity index (χ3n) is 5.01. The number of anilines is 1. The van der Waals surface area contributed by atoms with Crippen molar-refractivity contribution < 1.29 is 9.53 Å². The lowest BCUT2D eigenvalue weighted by molar-refractivity contribution is 0.0601. The second-order valence-corrected chi connectivity index (χ2v) is 6.90. The van der Waals surface area contributed by atoms with Crippen LogP contribution in [0, 0.1) is 0 Å². The van der Waals surface area contributed by atoms with Crippen molar-refractivity contribution in [2.24, 2.45) is 5.73 Å². The second-order valence-electron chi connectivity index (χ2n) is 6.90. The van der Waals surface area contributed by atoms with Crippen LogP contribution in [0.1, 0.15) is 16.8 Å². The Bertz CT molecular complexity index is 974. The van der Waals surface area contributed by atoms with Crippen molar-refractivity contribution in [1.29, 1.82) is 0 Å². The summed E-state index contributed by atoms with van der Waals surface area (Å²) in [5, 5.41) is 0. The van der Waals surface area contributed by atoms with Gasteiger partial charge in [0.25, 0.3) is 0 Å². The molecule has 0 spiro atoms. The van der Waals surface area contributed by atoms with Gasteiger partial charge in [-0.2, -0.15) is 0 Å². The molecule has 0 saturated carbocycles. The van der Waals surface area contributed by atoms with E-state index in [1.165, 1.54) is 7.11 Å². The van der Waals surface area contributed by atoms with Crippen molar-refractivity contribution in [2.45, 2.75) is 12.5 Å². The fourth-order valence-corrected chi connectivity index (χ4v) is 3.50. The molecule has 6 heteroatoms. The van der Waals surface area contributed by atoms with Gasteiger partial charge in [-0.3, -0.25) is 4.98 Å². The molecule has 2 N–H and O–H groups in total. The Kier molecular flexibility index (Phi) is 5.04. The highest BCUT2D eigenvalue weighted by molar-refractivity contribution is 5.96. The Hall–Kier alpha value is -3.25. The lowest BCUT2D eigenvalue weighted by Gasteiger charge is -2.20. The number of carbonyl (C=O) groups excluding carboxylic acids is 1. The molecule has 1 aliphatic rings. The number of carbonyl (C=O) groups is 1. The Balaban J connectivity index is 1.67. The van der Waals surface area contributed by atoms with Gasteiger partial charge in [0.1, 0.15) is 11.4 Å². The smallest absolute Gasteiger partial charge is 0.341 e. The van der Waals surface area contributed by atoms with Gasteiger partial charge >= 0.3 is 5.97 Å². The molecule has 3 heterocycles. The first-order valence-corrected chi connectivity index (χ1v) is 9.25. The van der Waals surface area contributed by atoms with Crippen molar-refractivity contribution in [3.63, 3.8) is 0 Å². The summed E-state index contributed by atoms with van der Waals surface area (Å²) in [6.45, 7) is 1.48. The average Bonchev–Trinajstić information content (AvgIpc) is 3.19. The first-order valence-electron chi connectivity index (χ1n) is 9.25. The summed E-state index contributed by atoms with van der Waals surface area (Å²) in [6.07, 6.45) is 6.28. The zero-order chi connectivity index (χ0) is 19.5. The third kappa shape index (κ3) is 3.59. The third-order valence-corrected chi connectivity index (χ3v) is 5.01. The first kappa shape index (κ1) is 18.1.